The van der Waals surface area contributed by atoms with Gasteiger partial charge >= 0.3 is 6.03 Å². The molecule has 1 saturated heterocycles. The molecule has 1 fully saturated rings. The van der Waals surface area contributed by atoms with E-state index in [9.17, 15) is 4.79 Å². The third-order valence-corrected chi connectivity index (χ3v) is 5.72. The first-order chi connectivity index (χ1) is 16.6. The minimum absolute atomic E-state index is 0.338. The van der Waals surface area contributed by atoms with Gasteiger partial charge in [-0.15, -0.1) is 0 Å². The van der Waals surface area contributed by atoms with Crippen LogP contribution in [0.25, 0.3) is 0 Å². The van der Waals surface area contributed by atoms with Gasteiger partial charge in [0.05, 0.1) is 0 Å². The molecule has 0 atom stereocenters. The second-order valence-electron chi connectivity index (χ2n) is 8.35. The second-order valence-corrected chi connectivity index (χ2v) is 8.35. The Hall–Kier alpha value is -4.01. The molecule has 0 radical (unpaired) electrons. The first-order valence-corrected chi connectivity index (χ1v) is 11.6. The average Bonchev–Trinajstić information content (AvgIpc) is 2.85. The zero-order chi connectivity index (χ0) is 23.3. The van der Waals surface area contributed by atoms with Crippen molar-refractivity contribution in [3.8, 4) is 11.5 Å². The number of aryl methyl sites for hydroxylation is 1. The lowest BCUT2D eigenvalue weighted by Crippen LogP contribution is -2.30. The number of amides is 2. The van der Waals surface area contributed by atoms with Gasteiger partial charge in [-0.3, -0.25) is 0 Å². The van der Waals surface area contributed by atoms with Crippen LogP contribution in [0.3, 0.4) is 0 Å². The Balaban J connectivity index is 1.19. The van der Waals surface area contributed by atoms with Gasteiger partial charge in [0.2, 0.25) is 0 Å². The molecule has 176 valence electrons. The number of nitrogens with one attached hydrogen (secondary N) is 3. The highest BCUT2D eigenvalue weighted by atomic mass is 16.6. The molecule has 2 amide bonds. The van der Waals surface area contributed by atoms with Crippen molar-refractivity contribution in [2.24, 2.45) is 0 Å². The minimum Gasteiger partial charge on any atom is -0.486 e. The molecule has 2 aromatic carbocycles. The molecule has 0 bridgehead atoms. The summed E-state index contributed by atoms with van der Waals surface area (Å²) >= 11 is 0. The van der Waals surface area contributed by atoms with Gasteiger partial charge in [-0.1, -0.05) is 0 Å². The third kappa shape index (κ3) is 5.31. The number of aromatic nitrogens is 2. The van der Waals surface area contributed by atoms with Crippen LogP contribution in [0.2, 0.25) is 0 Å². The van der Waals surface area contributed by atoms with Crippen molar-refractivity contribution >= 4 is 34.7 Å². The van der Waals surface area contributed by atoms with Gasteiger partial charge < -0.3 is 30.3 Å². The normalized spacial score (nSPS) is 14.9. The number of fused-ring (bicyclic) bond motifs is 1. The number of rotatable bonds is 5. The van der Waals surface area contributed by atoms with E-state index in [-0.39, 0.29) is 6.03 Å². The molecule has 0 spiro atoms. The number of piperidine rings is 1. The summed E-state index contributed by atoms with van der Waals surface area (Å²) < 4.78 is 11.1. The highest BCUT2D eigenvalue weighted by Crippen LogP contribution is 2.32. The molecule has 3 aromatic rings. The fourth-order valence-corrected chi connectivity index (χ4v) is 4.10. The maximum Gasteiger partial charge on any atom is 0.323 e. The van der Waals surface area contributed by atoms with E-state index < -0.39 is 0 Å². The van der Waals surface area contributed by atoms with E-state index in [4.69, 9.17) is 9.47 Å². The maximum atomic E-state index is 12.4. The van der Waals surface area contributed by atoms with Gasteiger partial charge in [0.1, 0.15) is 30.7 Å². The quantitative estimate of drug-likeness (QED) is 0.496. The van der Waals surface area contributed by atoms with E-state index in [0.29, 0.717) is 36.1 Å². The lowest BCUT2D eigenvalue weighted by molar-refractivity contribution is 0.171. The molecule has 34 heavy (non-hydrogen) atoms. The van der Waals surface area contributed by atoms with Crippen LogP contribution in [0.4, 0.5) is 33.5 Å². The molecule has 3 N–H and O–H groups in total. The van der Waals surface area contributed by atoms with Crippen LogP contribution in [0.5, 0.6) is 11.5 Å². The Morgan fingerprint density at radius 3 is 2.29 bits per heavy atom. The highest BCUT2D eigenvalue weighted by Gasteiger charge is 2.15. The van der Waals surface area contributed by atoms with Crippen molar-refractivity contribution in [2.75, 3.05) is 47.2 Å². The van der Waals surface area contributed by atoms with Crippen molar-refractivity contribution in [1.29, 1.82) is 0 Å². The van der Waals surface area contributed by atoms with E-state index in [1.165, 1.54) is 19.3 Å². The summed E-state index contributed by atoms with van der Waals surface area (Å²) in [5.41, 5.74) is 2.18. The molecule has 9 heteroatoms. The molecule has 0 saturated carbocycles. The lowest BCUT2D eigenvalue weighted by Gasteiger charge is -2.28. The van der Waals surface area contributed by atoms with Crippen LogP contribution in [-0.4, -0.2) is 42.3 Å². The van der Waals surface area contributed by atoms with Crippen molar-refractivity contribution < 1.29 is 14.3 Å². The van der Waals surface area contributed by atoms with Gasteiger partial charge in [0, 0.05) is 42.3 Å². The van der Waals surface area contributed by atoms with Gasteiger partial charge in [0.25, 0.3) is 0 Å². The predicted octanol–water partition coefficient (Wildman–Crippen LogP) is 4.93. The van der Waals surface area contributed by atoms with E-state index in [1.807, 2.05) is 37.3 Å². The van der Waals surface area contributed by atoms with E-state index in [2.05, 4.69) is 30.8 Å². The van der Waals surface area contributed by atoms with Crippen molar-refractivity contribution in [1.82, 2.24) is 9.97 Å². The molecule has 3 heterocycles. The van der Waals surface area contributed by atoms with Gasteiger partial charge in [-0.05, 0) is 62.6 Å². The number of hydrogen-bond donors (Lipinski definition) is 3. The van der Waals surface area contributed by atoms with Crippen LogP contribution < -0.4 is 30.3 Å². The molecule has 1 aromatic heterocycles. The molecular formula is C25H28N6O3. The lowest BCUT2D eigenvalue weighted by atomic mass is 10.1. The SMILES string of the molecule is Cc1nc(Nc2ccc(NC(=O)Nc3ccc4c(c3)OCCO4)cc2)cc(N2CCCCC2)n1. The summed E-state index contributed by atoms with van der Waals surface area (Å²) in [5, 5.41) is 9.00. The fraction of sp³-hybridized carbons (Fsp3) is 0.320. The molecular weight excluding hydrogens is 432 g/mol. The fourth-order valence-electron chi connectivity index (χ4n) is 4.10. The summed E-state index contributed by atoms with van der Waals surface area (Å²) in [5.74, 6) is 3.76. The Morgan fingerprint density at radius 1 is 0.824 bits per heavy atom. The largest absolute Gasteiger partial charge is 0.486 e. The first-order valence-electron chi connectivity index (χ1n) is 11.6. The highest BCUT2D eigenvalue weighted by molar-refractivity contribution is 6.00. The summed E-state index contributed by atoms with van der Waals surface area (Å²) in [6, 6.07) is 14.5. The molecule has 5 rings (SSSR count). The number of carbonyl (C=O) groups is 1. The molecule has 9 nitrogen and oxygen atoms in total. The minimum atomic E-state index is -0.338. The van der Waals surface area contributed by atoms with Crippen molar-refractivity contribution in [3.63, 3.8) is 0 Å². The topological polar surface area (TPSA) is 101 Å². The van der Waals surface area contributed by atoms with E-state index in [1.54, 1.807) is 18.2 Å². The molecule has 2 aliphatic heterocycles. The summed E-state index contributed by atoms with van der Waals surface area (Å²) in [4.78, 5) is 23.9. The second kappa shape index (κ2) is 9.86. The molecule has 2 aliphatic rings. The standard InChI is InChI=1S/C25H28N6O3/c1-17-26-23(16-24(27-17)31-11-3-2-4-12-31)28-18-5-7-19(8-6-18)29-25(32)30-20-9-10-21-22(15-20)34-14-13-33-21/h5-10,15-16H,2-4,11-14H2,1H3,(H,26,27,28)(H2,29,30,32). The number of ether oxygens (including phenoxy) is 2. The van der Waals surface area contributed by atoms with Crippen LogP contribution in [-0.2, 0) is 0 Å². The predicted molar refractivity (Wildman–Crippen MR) is 133 cm³/mol. The number of urea groups is 1. The Bertz CT molecular complexity index is 1160. The molecule has 0 unspecified atom stereocenters. The van der Waals surface area contributed by atoms with Gasteiger partial charge in [0.15, 0.2) is 11.5 Å². The van der Waals surface area contributed by atoms with Gasteiger partial charge in [-0.2, -0.15) is 0 Å². The monoisotopic (exact) mass is 460 g/mol. The Kier molecular flexibility index (Phi) is 6.33. The van der Waals surface area contributed by atoms with E-state index in [0.717, 1.165) is 36.2 Å². The average molecular weight is 461 g/mol. The zero-order valence-electron chi connectivity index (χ0n) is 19.1. The Morgan fingerprint density at radius 2 is 1.50 bits per heavy atom. The summed E-state index contributed by atoms with van der Waals surface area (Å²) in [6.07, 6.45) is 3.67. The molecule has 0 aliphatic carbocycles. The maximum absolute atomic E-state index is 12.4. The third-order valence-electron chi connectivity index (χ3n) is 5.72. The number of nitrogens with zero attached hydrogens (tertiary/aromatic N) is 3. The number of benzene rings is 2. The Labute approximate surface area is 198 Å². The van der Waals surface area contributed by atoms with Crippen LogP contribution in [0.15, 0.2) is 48.5 Å². The van der Waals surface area contributed by atoms with E-state index >= 15 is 0 Å². The van der Waals surface area contributed by atoms with Crippen LogP contribution >= 0.6 is 0 Å². The van der Waals surface area contributed by atoms with Crippen LogP contribution in [0.1, 0.15) is 25.1 Å². The summed E-state index contributed by atoms with van der Waals surface area (Å²) in [6.45, 7) is 5.00. The zero-order valence-corrected chi connectivity index (χ0v) is 19.1. The first kappa shape index (κ1) is 21.8. The number of carbonyl (C=O) groups excluding carboxylic acids is 1. The van der Waals surface area contributed by atoms with Gasteiger partial charge in [-0.25, -0.2) is 14.8 Å². The van der Waals surface area contributed by atoms with Crippen LogP contribution in [0, 0.1) is 6.92 Å². The number of hydrogen-bond acceptors (Lipinski definition) is 7. The smallest absolute Gasteiger partial charge is 0.323 e. The summed E-state index contributed by atoms with van der Waals surface area (Å²) in [7, 11) is 0. The van der Waals surface area contributed by atoms with Crippen molar-refractivity contribution in [2.45, 2.75) is 26.2 Å². The van der Waals surface area contributed by atoms with Crippen molar-refractivity contribution in [3.05, 3.63) is 54.4 Å². The number of anilines is 5.